The highest BCUT2D eigenvalue weighted by Gasteiger charge is 2.51. The van der Waals surface area contributed by atoms with Crippen molar-refractivity contribution < 1.29 is 27.5 Å². The SMILES string of the molecule is CCCC[C@H](C(=O)C=C[C@@]12CCC[C@H]1CC(=O)O2)C(F)(F)F. The van der Waals surface area contributed by atoms with Gasteiger partial charge in [0.25, 0.3) is 0 Å². The third-order valence-corrected chi connectivity index (χ3v) is 4.64. The number of ether oxygens (including phenoxy) is 1. The molecule has 0 radical (unpaired) electrons. The first-order valence-corrected chi connectivity index (χ1v) is 7.80. The summed E-state index contributed by atoms with van der Waals surface area (Å²) in [7, 11) is 0. The number of fused-ring (bicyclic) bond motifs is 1. The fourth-order valence-corrected chi connectivity index (χ4v) is 3.41. The Kier molecular flexibility index (Phi) is 4.97. The molecule has 0 aromatic rings. The Balaban J connectivity index is 2.10. The molecule has 1 aliphatic carbocycles. The summed E-state index contributed by atoms with van der Waals surface area (Å²) in [6.45, 7) is 1.79. The van der Waals surface area contributed by atoms with Crippen LogP contribution in [0.5, 0.6) is 0 Å². The average Bonchev–Trinajstić information content (AvgIpc) is 2.91. The Morgan fingerprint density at radius 3 is 2.86 bits per heavy atom. The van der Waals surface area contributed by atoms with Gasteiger partial charge in [0.2, 0.25) is 0 Å². The predicted octanol–water partition coefficient (Wildman–Crippen LogP) is 3.97. The van der Waals surface area contributed by atoms with E-state index >= 15 is 0 Å². The van der Waals surface area contributed by atoms with Crippen molar-refractivity contribution in [3.05, 3.63) is 12.2 Å². The van der Waals surface area contributed by atoms with Crippen LogP contribution in [0.4, 0.5) is 13.2 Å². The molecule has 0 aromatic heterocycles. The van der Waals surface area contributed by atoms with Crippen molar-refractivity contribution in [1.29, 1.82) is 0 Å². The molecule has 0 amide bonds. The summed E-state index contributed by atoms with van der Waals surface area (Å²) in [5, 5.41) is 0. The van der Waals surface area contributed by atoms with E-state index in [0.717, 1.165) is 18.9 Å². The van der Waals surface area contributed by atoms with Gasteiger partial charge in [0.05, 0.1) is 6.42 Å². The van der Waals surface area contributed by atoms with Gasteiger partial charge in [0.15, 0.2) is 5.78 Å². The molecule has 1 aliphatic heterocycles. The predicted molar refractivity (Wildman–Crippen MR) is 74.0 cm³/mol. The molecular formula is C16H21F3O3. The van der Waals surface area contributed by atoms with Crippen molar-refractivity contribution in [2.75, 3.05) is 0 Å². The van der Waals surface area contributed by atoms with Gasteiger partial charge in [0.1, 0.15) is 11.5 Å². The van der Waals surface area contributed by atoms with Crippen LogP contribution in [0.25, 0.3) is 0 Å². The minimum atomic E-state index is -4.53. The maximum absolute atomic E-state index is 13.0. The van der Waals surface area contributed by atoms with Crippen molar-refractivity contribution in [2.24, 2.45) is 11.8 Å². The smallest absolute Gasteiger partial charge is 0.398 e. The highest BCUT2D eigenvalue weighted by atomic mass is 19.4. The van der Waals surface area contributed by atoms with Crippen LogP contribution in [-0.2, 0) is 14.3 Å². The zero-order chi connectivity index (χ0) is 16.4. The minimum absolute atomic E-state index is 0.0102. The van der Waals surface area contributed by atoms with Gasteiger partial charge in [-0.25, -0.2) is 0 Å². The van der Waals surface area contributed by atoms with Crippen LogP contribution in [0.2, 0.25) is 0 Å². The summed E-state index contributed by atoms with van der Waals surface area (Å²) in [4.78, 5) is 23.4. The van der Waals surface area contributed by atoms with Crippen LogP contribution in [0.15, 0.2) is 12.2 Å². The molecule has 1 saturated carbocycles. The van der Waals surface area contributed by atoms with Crippen LogP contribution in [0, 0.1) is 11.8 Å². The van der Waals surface area contributed by atoms with Crippen LogP contribution < -0.4 is 0 Å². The van der Waals surface area contributed by atoms with Crippen LogP contribution in [0.3, 0.4) is 0 Å². The van der Waals surface area contributed by atoms with Crippen molar-refractivity contribution in [3.8, 4) is 0 Å². The largest absolute Gasteiger partial charge is 0.454 e. The number of esters is 1. The highest BCUT2D eigenvalue weighted by molar-refractivity contribution is 5.92. The molecule has 2 aliphatic rings. The van der Waals surface area contributed by atoms with Gasteiger partial charge in [-0.2, -0.15) is 13.2 Å². The zero-order valence-corrected chi connectivity index (χ0v) is 12.6. The normalized spacial score (nSPS) is 29.6. The third kappa shape index (κ3) is 3.52. The molecule has 2 rings (SSSR count). The number of allylic oxidation sites excluding steroid dienone is 1. The van der Waals surface area contributed by atoms with Gasteiger partial charge in [0, 0.05) is 5.92 Å². The molecule has 6 heteroatoms. The molecule has 3 nitrogen and oxygen atoms in total. The molecule has 0 spiro atoms. The number of alkyl halides is 3. The van der Waals surface area contributed by atoms with E-state index in [-0.39, 0.29) is 24.7 Å². The maximum Gasteiger partial charge on any atom is 0.398 e. The van der Waals surface area contributed by atoms with E-state index in [0.29, 0.717) is 19.3 Å². The number of rotatable bonds is 6. The molecule has 3 atom stereocenters. The number of halogens is 3. The lowest BCUT2D eigenvalue weighted by Gasteiger charge is -2.24. The lowest BCUT2D eigenvalue weighted by Crippen LogP contribution is -2.32. The summed E-state index contributed by atoms with van der Waals surface area (Å²) in [5.74, 6) is -3.25. The Hall–Kier alpha value is -1.33. The second-order valence-corrected chi connectivity index (χ2v) is 6.19. The van der Waals surface area contributed by atoms with E-state index < -0.39 is 23.5 Å². The highest BCUT2D eigenvalue weighted by Crippen LogP contribution is 2.47. The first-order valence-electron chi connectivity index (χ1n) is 7.80. The monoisotopic (exact) mass is 318 g/mol. The van der Waals surface area contributed by atoms with E-state index in [9.17, 15) is 22.8 Å². The van der Waals surface area contributed by atoms with Crippen LogP contribution >= 0.6 is 0 Å². The van der Waals surface area contributed by atoms with Crippen molar-refractivity contribution in [3.63, 3.8) is 0 Å². The Morgan fingerprint density at radius 1 is 1.50 bits per heavy atom. The third-order valence-electron chi connectivity index (χ3n) is 4.64. The molecule has 0 aromatic carbocycles. The molecule has 2 fully saturated rings. The molecular weight excluding hydrogens is 297 g/mol. The first-order chi connectivity index (χ1) is 10.3. The second-order valence-electron chi connectivity index (χ2n) is 6.19. The quantitative estimate of drug-likeness (QED) is 0.550. The Bertz CT molecular complexity index is 470. The molecule has 0 unspecified atom stereocenters. The maximum atomic E-state index is 13.0. The standard InChI is InChI=1S/C16H21F3O3/c1-2-3-6-12(16(17,18)19)13(20)7-9-15-8-4-5-11(15)10-14(21)22-15/h7,9,11-12H,2-6,8,10H2,1H3/t11-,12+,15-/m0/s1. The fourth-order valence-electron chi connectivity index (χ4n) is 3.41. The lowest BCUT2D eigenvalue weighted by atomic mass is 9.88. The summed E-state index contributed by atoms with van der Waals surface area (Å²) in [6.07, 6.45) is 1.16. The fraction of sp³-hybridized carbons (Fsp3) is 0.750. The van der Waals surface area contributed by atoms with Crippen molar-refractivity contribution >= 4 is 11.8 Å². The molecule has 0 N–H and O–H groups in total. The van der Waals surface area contributed by atoms with Gasteiger partial charge in [-0.05, 0) is 37.8 Å². The van der Waals surface area contributed by atoms with Gasteiger partial charge in [-0.1, -0.05) is 19.8 Å². The van der Waals surface area contributed by atoms with Gasteiger partial charge < -0.3 is 4.74 Å². The second kappa shape index (κ2) is 6.42. The van der Waals surface area contributed by atoms with Gasteiger partial charge in [-0.15, -0.1) is 0 Å². The molecule has 0 bridgehead atoms. The zero-order valence-electron chi connectivity index (χ0n) is 12.6. The van der Waals surface area contributed by atoms with Gasteiger partial charge in [-0.3, -0.25) is 9.59 Å². The Morgan fingerprint density at radius 2 is 2.23 bits per heavy atom. The van der Waals surface area contributed by atoms with E-state index in [1.54, 1.807) is 6.92 Å². The average molecular weight is 318 g/mol. The Labute approximate surface area is 127 Å². The topological polar surface area (TPSA) is 43.4 Å². The van der Waals surface area contributed by atoms with Gasteiger partial charge >= 0.3 is 12.1 Å². The van der Waals surface area contributed by atoms with Crippen LogP contribution in [-0.4, -0.2) is 23.5 Å². The molecule has 22 heavy (non-hydrogen) atoms. The summed E-state index contributed by atoms with van der Waals surface area (Å²) in [6, 6.07) is 0. The number of hydrogen-bond donors (Lipinski definition) is 0. The summed E-state index contributed by atoms with van der Waals surface area (Å²) in [5.41, 5.74) is -0.854. The van der Waals surface area contributed by atoms with E-state index in [4.69, 9.17) is 4.74 Å². The van der Waals surface area contributed by atoms with E-state index in [1.807, 2.05) is 0 Å². The summed E-state index contributed by atoms with van der Waals surface area (Å²) < 4.78 is 44.3. The number of carbonyl (C=O) groups excluding carboxylic acids is 2. The minimum Gasteiger partial charge on any atom is -0.454 e. The number of hydrogen-bond acceptors (Lipinski definition) is 3. The van der Waals surface area contributed by atoms with Crippen molar-refractivity contribution in [1.82, 2.24) is 0 Å². The number of carbonyl (C=O) groups is 2. The number of unbranched alkanes of at least 4 members (excludes halogenated alkanes) is 1. The lowest BCUT2D eigenvalue weighted by molar-refractivity contribution is -0.180. The molecule has 1 heterocycles. The van der Waals surface area contributed by atoms with E-state index in [1.165, 1.54) is 6.08 Å². The van der Waals surface area contributed by atoms with Crippen LogP contribution in [0.1, 0.15) is 51.9 Å². The summed E-state index contributed by atoms with van der Waals surface area (Å²) >= 11 is 0. The number of ketones is 1. The van der Waals surface area contributed by atoms with E-state index in [2.05, 4.69) is 0 Å². The molecule has 124 valence electrons. The van der Waals surface area contributed by atoms with Crippen molar-refractivity contribution in [2.45, 2.75) is 63.6 Å². The molecule has 1 saturated heterocycles. The first kappa shape index (κ1) is 17.0.